The maximum Gasteiger partial charge on any atom is 0.193 e. The minimum absolute atomic E-state index is 0.0368. The number of rotatable bonds is 7. The van der Waals surface area contributed by atoms with E-state index in [4.69, 9.17) is 14.2 Å². The predicted octanol–water partition coefficient (Wildman–Crippen LogP) is 7.27. The summed E-state index contributed by atoms with van der Waals surface area (Å²) in [4.78, 5) is 13.8. The SMILES string of the molecule is C=C1C=C[C@@]2(C)C(=C1)CC[C@@H]1[C@@H]2[C@@H](O)C[C@@]2(C)[C@H]1C[C@H]1O[C@@H](c3ccc(Oc4ccc(CC(C)C)cc4)cc3)O[C@]12C(=O)CO. The number of hydrogen-bond donors (Lipinski definition) is 2. The predicted molar refractivity (Wildman–Crippen MR) is 173 cm³/mol. The molecular weight excluding hydrogens is 564 g/mol. The normalized spacial score (nSPS) is 38.3. The van der Waals surface area contributed by atoms with Crippen molar-refractivity contribution in [3.8, 4) is 11.5 Å². The maximum absolute atomic E-state index is 13.8. The number of aliphatic hydroxyl groups is 2. The fourth-order valence-corrected chi connectivity index (χ4v) is 9.91. The summed E-state index contributed by atoms with van der Waals surface area (Å²) in [5.74, 6) is 2.06. The van der Waals surface area contributed by atoms with E-state index in [2.05, 4.69) is 64.6 Å². The van der Waals surface area contributed by atoms with Crippen molar-refractivity contribution in [2.75, 3.05) is 6.61 Å². The Hall–Kier alpha value is -3.03. The standard InChI is InChI=1S/C39H46O6/c1-23(2)18-25-6-11-28(12-7-25)43-29-13-8-26(9-14-29)36-44-34-20-31-30-15-10-27-19-24(3)16-17-37(27,4)35(30)32(41)21-38(31,5)39(34,45-36)33(42)22-40/h6-9,11-14,16-17,19,23,30-32,34-36,40-41H,3,10,15,18,20-22H2,1-2,4-5H3/t30-,31-,32-,34+,35+,36+,37-,38-,39+/m0/s1. The Labute approximate surface area is 266 Å². The second-order valence-corrected chi connectivity index (χ2v) is 14.9. The average Bonchev–Trinajstić information content (AvgIpc) is 3.51. The van der Waals surface area contributed by atoms with Crippen LogP contribution in [0.5, 0.6) is 11.5 Å². The van der Waals surface area contributed by atoms with Crippen molar-refractivity contribution >= 4 is 5.78 Å². The van der Waals surface area contributed by atoms with Gasteiger partial charge < -0.3 is 24.4 Å². The van der Waals surface area contributed by atoms with Gasteiger partial charge in [0.15, 0.2) is 17.7 Å². The second kappa shape index (κ2) is 11.0. The van der Waals surface area contributed by atoms with Gasteiger partial charge in [0.2, 0.25) is 0 Å². The van der Waals surface area contributed by atoms with E-state index in [9.17, 15) is 15.0 Å². The molecule has 7 rings (SSSR count). The lowest BCUT2D eigenvalue weighted by Gasteiger charge is -2.59. The van der Waals surface area contributed by atoms with Gasteiger partial charge in [-0.1, -0.05) is 82.3 Å². The number of allylic oxidation sites excluding steroid dienone is 5. The quantitative estimate of drug-likeness (QED) is 0.343. The molecule has 45 heavy (non-hydrogen) atoms. The summed E-state index contributed by atoms with van der Waals surface area (Å²) in [5, 5.41) is 22.2. The third-order valence-electron chi connectivity index (χ3n) is 11.8. The maximum atomic E-state index is 13.8. The molecule has 6 nitrogen and oxygen atoms in total. The number of hydrogen-bond acceptors (Lipinski definition) is 6. The Bertz CT molecular complexity index is 1540. The van der Waals surface area contributed by atoms with Crippen LogP contribution in [0, 0.1) is 34.5 Å². The molecule has 9 atom stereocenters. The molecule has 4 aliphatic carbocycles. The number of Topliss-reactive ketones (excluding diaryl/α,β-unsaturated/α-hetero) is 1. The molecule has 238 valence electrons. The lowest BCUT2D eigenvalue weighted by molar-refractivity contribution is -0.201. The highest BCUT2D eigenvalue weighted by Gasteiger charge is 2.75. The van der Waals surface area contributed by atoms with Crippen LogP contribution in [0.3, 0.4) is 0 Å². The van der Waals surface area contributed by atoms with E-state index in [1.54, 1.807) is 0 Å². The average molecular weight is 611 g/mol. The van der Waals surface area contributed by atoms with Gasteiger partial charge in [0, 0.05) is 22.3 Å². The molecule has 0 amide bonds. The third kappa shape index (κ3) is 4.71. The van der Waals surface area contributed by atoms with E-state index >= 15 is 0 Å². The van der Waals surface area contributed by atoms with Crippen LogP contribution >= 0.6 is 0 Å². The number of aliphatic hydroxyl groups excluding tert-OH is 2. The summed E-state index contributed by atoms with van der Waals surface area (Å²) in [6.07, 6.45) is 8.59. The topological polar surface area (TPSA) is 85.2 Å². The summed E-state index contributed by atoms with van der Waals surface area (Å²) >= 11 is 0. The van der Waals surface area contributed by atoms with Crippen molar-refractivity contribution in [3.05, 3.63) is 95.6 Å². The fourth-order valence-electron chi connectivity index (χ4n) is 9.91. The summed E-state index contributed by atoms with van der Waals surface area (Å²) in [6.45, 7) is 12.3. The number of carbonyl (C=O) groups excluding carboxylic acids is 1. The molecule has 1 heterocycles. The molecule has 0 radical (unpaired) electrons. The van der Waals surface area contributed by atoms with Crippen LogP contribution in [0.2, 0.25) is 0 Å². The molecule has 1 saturated heterocycles. The zero-order valence-corrected chi connectivity index (χ0v) is 26.9. The van der Waals surface area contributed by atoms with E-state index in [-0.39, 0.29) is 29.0 Å². The fraction of sp³-hybridized carbons (Fsp3) is 0.513. The molecule has 0 bridgehead atoms. The molecule has 0 unspecified atom stereocenters. The van der Waals surface area contributed by atoms with Crippen molar-refractivity contribution in [2.45, 2.75) is 83.9 Å². The molecule has 1 aliphatic heterocycles. The van der Waals surface area contributed by atoms with Gasteiger partial charge in [-0.05, 0) is 85.3 Å². The van der Waals surface area contributed by atoms with E-state index in [0.29, 0.717) is 24.5 Å². The van der Waals surface area contributed by atoms with Crippen LogP contribution in [-0.4, -0.2) is 40.4 Å². The van der Waals surface area contributed by atoms with Gasteiger partial charge in [-0.15, -0.1) is 0 Å². The molecule has 3 saturated carbocycles. The first kappa shape index (κ1) is 30.6. The summed E-state index contributed by atoms with van der Waals surface area (Å²) in [5.41, 5.74) is 2.15. The molecule has 6 heteroatoms. The summed E-state index contributed by atoms with van der Waals surface area (Å²) < 4.78 is 19.4. The van der Waals surface area contributed by atoms with Gasteiger partial charge in [-0.3, -0.25) is 4.79 Å². The smallest absolute Gasteiger partial charge is 0.193 e. The summed E-state index contributed by atoms with van der Waals surface area (Å²) in [6, 6.07) is 15.8. The minimum Gasteiger partial charge on any atom is -0.457 e. The van der Waals surface area contributed by atoms with Gasteiger partial charge in [-0.2, -0.15) is 0 Å². The minimum atomic E-state index is -1.33. The zero-order valence-electron chi connectivity index (χ0n) is 26.9. The lowest BCUT2D eigenvalue weighted by Crippen LogP contribution is -2.63. The molecule has 0 spiro atoms. The highest BCUT2D eigenvalue weighted by molar-refractivity contribution is 5.91. The van der Waals surface area contributed by atoms with E-state index in [1.807, 2.05) is 36.4 Å². The Kier molecular flexibility index (Phi) is 7.52. The van der Waals surface area contributed by atoms with E-state index in [0.717, 1.165) is 36.1 Å². The highest BCUT2D eigenvalue weighted by atomic mass is 16.7. The van der Waals surface area contributed by atoms with Crippen molar-refractivity contribution in [2.24, 2.45) is 34.5 Å². The first-order valence-electron chi connectivity index (χ1n) is 16.6. The monoisotopic (exact) mass is 610 g/mol. The Morgan fingerprint density at radius 2 is 1.78 bits per heavy atom. The van der Waals surface area contributed by atoms with Crippen LogP contribution in [0.1, 0.15) is 70.8 Å². The largest absolute Gasteiger partial charge is 0.457 e. The molecule has 4 fully saturated rings. The Balaban J connectivity index is 1.13. The van der Waals surface area contributed by atoms with Gasteiger partial charge in [-0.25, -0.2) is 0 Å². The van der Waals surface area contributed by atoms with Crippen molar-refractivity contribution < 1.29 is 29.2 Å². The number of benzene rings is 2. The van der Waals surface area contributed by atoms with Gasteiger partial charge in [0.05, 0.1) is 12.2 Å². The van der Waals surface area contributed by atoms with Gasteiger partial charge in [0.1, 0.15) is 18.1 Å². The van der Waals surface area contributed by atoms with Crippen LogP contribution < -0.4 is 4.74 Å². The highest BCUT2D eigenvalue weighted by Crippen LogP contribution is 2.70. The second-order valence-electron chi connectivity index (χ2n) is 14.9. The van der Waals surface area contributed by atoms with Gasteiger partial charge in [0.25, 0.3) is 0 Å². The first-order chi connectivity index (χ1) is 21.5. The molecule has 2 aromatic carbocycles. The molecule has 2 N–H and O–H groups in total. The van der Waals surface area contributed by atoms with E-state index in [1.165, 1.54) is 11.1 Å². The van der Waals surface area contributed by atoms with Crippen LogP contribution in [0.4, 0.5) is 0 Å². The molecule has 5 aliphatic rings. The third-order valence-corrected chi connectivity index (χ3v) is 11.8. The number of carbonyl (C=O) groups is 1. The zero-order chi connectivity index (χ0) is 31.7. The number of ether oxygens (including phenoxy) is 3. The molecular formula is C39H46O6. The first-order valence-corrected chi connectivity index (χ1v) is 16.6. The van der Waals surface area contributed by atoms with Crippen molar-refractivity contribution in [3.63, 3.8) is 0 Å². The van der Waals surface area contributed by atoms with Crippen LogP contribution in [0.15, 0.2) is 84.5 Å². The Morgan fingerprint density at radius 3 is 2.44 bits per heavy atom. The van der Waals surface area contributed by atoms with Crippen LogP contribution in [-0.2, 0) is 20.7 Å². The molecule has 0 aromatic heterocycles. The van der Waals surface area contributed by atoms with Gasteiger partial charge >= 0.3 is 0 Å². The number of ketones is 1. The lowest BCUT2D eigenvalue weighted by atomic mass is 9.46. The molecule has 2 aromatic rings. The number of fused-ring (bicyclic) bond motifs is 7. The van der Waals surface area contributed by atoms with Crippen molar-refractivity contribution in [1.82, 2.24) is 0 Å². The van der Waals surface area contributed by atoms with Crippen molar-refractivity contribution in [1.29, 1.82) is 0 Å². The van der Waals surface area contributed by atoms with Crippen LogP contribution in [0.25, 0.3) is 0 Å². The van der Waals surface area contributed by atoms with E-state index < -0.39 is 36.1 Å². The Morgan fingerprint density at radius 1 is 1.09 bits per heavy atom. The summed E-state index contributed by atoms with van der Waals surface area (Å²) in [7, 11) is 0.